The van der Waals surface area contributed by atoms with Gasteiger partial charge in [0.15, 0.2) is 0 Å². The maximum atomic E-state index is 11.7. The summed E-state index contributed by atoms with van der Waals surface area (Å²) in [6, 6.07) is 10.0. The number of cyclic esters (lactones) is 1. The van der Waals surface area contributed by atoms with E-state index in [1.807, 2.05) is 30.3 Å². The average molecular weight is 352 g/mol. The number of hydrogen-bond donors (Lipinski definition) is 1. The van der Waals surface area contributed by atoms with Crippen LogP contribution in [0.5, 0.6) is 0 Å². The molecule has 5 rings (SSSR count). The summed E-state index contributed by atoms with van der Waals surface area (Å²) in [4.78, 5) is 25.7. The van der Waals surface area contributed by atoms with E-state index < -0.39 is 0 Å². The number of esters is 1. The number of nitrogens with zero attached hydrogens (tertiary/aromatic N) is 1. The van der Waals surface area contributed by atoms with Crippen LogP contribution in [0.2, 0.25) is 0 Å². The number of furan rings is 1. The van der Waals surface area contributed by atoms with E-state index in [1.54, 1.807) is 0 Å². The van der Waals surface area contributed by atoms with Crippen molar-refractivity contribution in [2.45, 2.75) is 32.0 Å². The number of carbonyl (C=O) groups excluding carboxylic acids is 2. The number of nitrogens with one attached hydrogen (secondary N) is 1. The van der Waals surface area contributed by atoms with E-state index in [9.17, 15) is 9.59 Å². The molecule has 1 aromatic heterocycles. The van der Waals surface area contributed by atoms with Gasteiger partial charge < -0.3 is 14.5 Å². The van der Waals surface area contributed by atoms with Gasteiger partial charge in [-0.15, -0.1) is 0 Å². The highest BCUT2D eigenvalue weighted by molar-refractivity contribution is 5.94. The summed E-state index contributed by atoms with van der Waals surface area (Å²) in [7, 11) is 0. The van der Waals surface area contributed by atoms with Crippen molar-refractivity contribution in [3.8, 4) is 11.3 Å². The number of carbonyl (C=O) groups is 2. The fourth-order valence-electron chi connectivity index (χ4n) is 4.26. The van der Waals surface area contributed by atoms with Crippen LogP contribution in [0.4, 0.5) is 0 Å². The van der Waals surface area contributed by atoms with Crippen LogP contribution in [0.3, 0.4) is 0 Å². The number of likely N-dealkylation sites (tertiary alicyclic amines) is 1. The van der Waals surface area contributed by atoms with Crippen molar-refractivity contribution >= 4 is 11.9 Å². The molecule has 2 aromatic rings. The molecule has 0 bridgehead atoms. The maximum Gasteiger partial charge on any atom is 0.338 e. The first-order valence-corrected chi connectivity index (χ1v) is 9.06. The predicted molar refractivity (Wildman–Crippen MR) is 93.2 cm³/mol. The Morgan fingerprint density at radius 2 is 2.12 bits per heavy atom. The topological polar surface area (TPSA) is 71.8 Å². The monoisotopic (exact) mass is 352 g/mol. The number of fused-ring (bicyclic) bond motifs is 2. The second-order valence-corrected chi connectivity index (χ2v) is 7.38. The third-order valence-electron chi connectivity index (χ3n) is 5.63. The van der Waals surface area contributed by atoms with Gasteiger partial charge in [-0.2, -0.15) is 0 Å². The maximum absolute atomic E-state index is 11.7. The van der Waals surface area contributed by atoms with Gasteiger partial charge in [0, 0.05) is 42.6 Å². The third kappa shape index (κ3) is 2.70. The van der Waals surface area contributed by atoms with Crippen molar-refractivity contribution in [1.82, 2.24) is 10.2 Å². The number of benzene rings is 1. The van der Waals surface area contributed by atoms with Crippen LogP contribution in [-0.4, -0.2) is 35.9 Å². The van der Waals surface area contributed by atoms with Crippen molar-refractivity contribution in [1.29, 1.82) is 0 Å². The van der Waals surface area contributed by atoms with Gasteiger partial charge in [0.05, 0.1) is 12.1 Å². The lowest BCUT2D eigenvalue weighted by molar-refractivity contribution is -0.119. The molecule has 1 aromatic carbocycles. The molecule has 2 fully saturated rings. The van der Waals surface area contributed by atoms with Crippen molar-refractivity contribution < 1.29 is 18.7 Å². The number of ether oxygens (including phenoxy) is 1. The van der Waals surface area contributed by atoms with Gasteiger partial charge in [0.1, 0.15) is 18.1 Å². The lowest BCUT2D eigenvalue weighted by Gasteiger charge is -2.33. The fraction of sp³-hybridized carbons (Fsp3) is 0.400. The quantitative estimate of drug-likeness (QED) is 0.859. The van der Waals surface area contributed by atoms with Crippen molar-refractivity contribution in [2.75, 3.05) is 13.1 Å². The highest BCUT2D eigenvalue weighted by Gasteiger charge is 2.36. The molecule has 134 valence electrons. The van der Waals surface area contributed by atoms with Gasteiger partial charge in [-0.05, 0) is 24.6 Å². The van der Waals surface area contributed by atoms with Crippen molar-refractivity contribution in [2.24, 2.45) is 5.92 Å². The lowest BCUT2D eigenvalue weighted by Crippen LogP contribution is -2.44. The minimum Gasteiger partial charge on any atom is -0.460 e. The summed E-state index contributed by atoms with van der Waals surface area (Å²) in [5.74, 6) is 1.98. The zero-order chi connectivity index (χ0) is 17.7. The van der Waals surface area contributed by atoms with E-state index in [0.717, 1.165) is 48.7 Å². The fourth-order valence-corrected chi connectivity index (χ4v) is 4.26. The van der Waals surface area contributed by atoms with Crippen LogP contribution in [0.25, 0.3) is 11.3 Å². The number of amides is 1. The van der Waals surface area contributed by atoms with Gasteiger partial charge in [-0.1, -0.05) is 12.1 Å². The predicted octanol–water partition coefficient (Wildman–Crippen LogP) is 2.33. The van der Waals surface area contributed by atoms with Crippen LogP contribution in [-0.2, 0) is 22.7 Å². The summed E-state index contributed by atoms with van der Waals surface area (Å²) in [5, 5.41) is 3.06. The Balaban J connectivity index is 1.30. The van der Waals surface area contributed by atoms with E-state index in [0.29, 0.717) is 30.6 Å². The molecule has 2 atom stereocenters. The zero-order valence-corrected chi connectivity index (χ0v) is 14.4. The smallest absolute Gasteiger partial charge is 0.338 e. The molecule has 0 spiro atoms. The Kier molecular flexibility index (Phi) is 3.60. The first-order valence-electron chi connectivity index (χ1n) is 9.06. The van der Waals surface area contributed by atoms with E-state index in [1.165, 1.54) is 0 Å². The largest absolute Gasteiger partial charge is 0.460 e. The molecule has 26 heavy (non-hydrogen) atoms. The van der Waals surface area contributed by atoms with Gasteiger partial charge in [0.25, 0.3) is 0 Å². The van der Waals surface area contributed by atoms with Crippen LogP contribution in [0.1, 0.15) is 34.5 Å². The Hall–Kier alpha value is -2.60. The summed E-state index contributed by atoms with van der Waals surface area (Å²) in [6.07, 6.45) is 1.63. The van der Waals surface area contributed by atoms with Gasteiger partial charge in [0.2, 0.25) is 5.91 Å². The molecule has 6 heteroatoms. The second kappa shape index (κ2) is 5.99. The Labute approximate surface area is 151 Å². The molecular weight excluding hydrogens is 332 g/mol. The molecule has 1 amide bonds. The number of hydrogen-bond acceptors (Lipinski definition) is 5. The lowest BCUT2D eigenvalue weighted by atomic mass is 9.93. The van der Waals surface area contributed by atoms with Gasteiger partial charge >= 0.3 is 5.97 Å². The molecule has 0 radical (unpaired) electrons. The van der Waals surface area contributed by atoms with Crippen molar-refractivity contribution in [3.63, 3.8) is 0 Å². The van der Waals surface area contributed by atoms with Gasteiger partial charge in [-0.25, -0.2) is 4.79 Å². The molecule has 3 aliphatic heterocycles. The summed E-state index contributed by atoms with van der Waals surface area (Å²) in [6.45, 7) is 2.98. The van der Waals surface area contributed by atoms with E-state index in [2.05, 4.69) is 10.2 Å². The normalized spacial score (nSPS) is 24.9. The summed E-state index contributed by atoms with van der Waals surface area (Å²) < 4.78 is 11.1. The van der Waals surface area contributed by atoms with Crippen LogP contribution >= 0.6 is 0 Å². The molecule has 0 aliphatic carbocycles. The van der Waals surface area contributed by atoms with Crippen molar-refractivity contribution in [3.05, 3.63) is 47.2 Å². The van der Waals surface area contributed by atoms with Gasteiger partial charge in [-0.3, -0.25) is 9.69 Å². The summed E-state index contributed by atoms with van der Waals surface area (Å²) >= 11 is 0. The summed E-state index contributed by atoms with van der Waals surface area (Å²) in [5.41, 5.74) is 2.44. The second-order valence-electron chi connectivity index (χ2n) is 7.38. The highest BCUT2D eigenvalue weighted by atomic mass is 16.5. The SMILES string of the molecule is O=C1C[C@@H]2CN(Cc3ccc(-c4ccc5c(c4)C(=O)OC5)o3)CC[C@@H]2N1. The number of rotatable bonds is 3. The molecule has 4 heterocycles. The van der Waals surface area contributed by atoms with E-state index in [-0.39, 0.29) is 11.9 Å². The minimum atomic E-state index is -0.267. The molecule has 1 N–H and O–H groups in total. The van der Waals surface area contributed by atoms with E-state index >= 15 is 0 Å². The zero-order valence-electron chi connectivity index (χ0n) is 14.4. The third-order valence-corrected chi connectivity index (χ3v) is 5.63. The highest BCUT2D eigenvalue weighted by Crippen LogP contribution is 2.30. The minimum absolute atomic E-state index is 0.178. The van der Waals surface area contributed by atoms with Crippen LogP contribution < -0.4 is 5.32 Å². The molecule has 6 nitrogen and oxygen atoms in total. The molecule has 0 unspecified atom stereocenters. The molecule has 2 saturated heterocycles. The Morgan fingerprint density at radius 1 is 1.19 bits per heavy atom. The molecule has 0 saturated carbocycles. The number of piperidine rings is 1. The Bertz CT molecular complexity index is 888. The molecule has 3 aliphatic rings. The van der Waals surface area contributed by atoms with E-state index in [4.69, 9.17) is 9.15 Å². The molecular formula is C20H20N2O4. The first kappa shape index (κ1) is 15.6. The average Bonchev–Trinajstić information content (AvgIpc) is 3.33. The first-order chi connectivity index (χ1) is 12.7. The standard InChI is InChI=1S/C20H20N2O4/c23-19-8-14-9-22(6-5-17(14)21-19)10-15-3-4-18(26-15)12-1-2-13-11-25-20(24)16(13)7-12/h1-4,7,14,17H,5-6,8-11H2,(H,21,23)/t14-,17+/m1/s1. The van der Waals surface area contributed by atoms with Crippen LogP contribution in [0, 0.1) is 5.92 Å². The Morgan fingerprint density at radius 3 is 3.04 bits per heavy atom. The van der Waals surface area contributed by atoms with Crippen LogP contribution in [0.15, 0.2) is 34.7 Å².